The van der Waals surface area contributed by atoms with E-state index in [0.29, 0.717) is 32.6 Å². The Labute approximate surface area is 248 Å². The smallest absolute Gasteiger partial charge is 0.338 e. The quantitative estimate of drug-likeness (QED) is 0.187. The number of halogens is 2. The Kier molecular flexibility index (Phi) is 8.57. The highest BCUT2D eigenvalue weighted by molar-refractivity contribution is 6.44. The van der Waals surface area contributed by atoms with Crippen molar-refractivity contribution in [3.8, 4) is 5.75 Å². The van der Waals surface area contributed by atoms with Gasteiger partial charge in [0, 0.05) is 33.8 Å². The van der Waals surface area contributed by atoms with Crippen molar-refractivity contribution in [1.29, 1.82) is 0 Å². The largest absolute Gasteiger partial charge is 0.488 e. The number of rotatable bonds is 9. The SMILES string of the molecule is CCOC(=O)c1ccc(N2N=C(C(C)=O)N(c3ccccc3)[C@@H]2c2cc(Cl)ccc2OCc2ccccc2Cl)cc1. The standard InChI is InChI=1S/C32H27Cl2N3O4/c1-3-40-32(39)22-13-16-26(17-14-22)37-31(36(30(35-37)21(2)38)25-10-5-4-6-11-25)27-19-24(33)15-18-29(27)41-20-23-9-7-8-12-28(23)34/h4-19,31H,3,20H2,1-2H3/t31-/m0/s1. The number of anilines is 2. The lowest BCUT2D eigenvalue weighted by molar-refractivity contribution is -0.111. The fourth-order valence-electron chi connectivity index (χ4n) is 4.58. The summed E-state index contributed by atoms with van der Waals surface area (Å²) >= 11 is 12.9. The predicted molar refractivity (Wildman–Crippen MR) is 162 cm³/mol. The number of ketones is 1. The zero-order chi connectivity index (χ0) is 28.9. The number of hydrazone groups is 1. The van der Waals surface area contributed by atoms with Gasteiger partial charge in [-0.2, -0.15) is 0 Å². The highest BCUT2D eigenvalue weighted by atomic mass is 35.5. The molecule has 1 aliphatic rings. The molecule has 0 bridgehead atoms. The molecule has 0 radical (unpaired) electrons. The van der Waals surface area contributed by atoms with Crippen LogP contribution in [0.5, 0.6) is 5.75 Å². The van der Waals surface area contributed by atoms with Gasteiger partial charge in [0.1, 0.15) is 12.4 Å². The van der Waals surface area contributed by atoms with Crippen molar-refractivity contribution in [2.45, 2.75) is 26.6 Å². The molecule has 0 spiro atoms. The van der Waals surface area contributed by atoms with Crippen LogP contribution >= 0.6 is 23.2 Å². The van der Waals surface area contributed by atoms with Crippen LogP contribution in [0.2, 0.25) is 10.0 Å². The van der Waals surface area contributed by atoms with Crippen LogP contribution in [0.3, 0.4) is 0 Å². The molecule has 9 heteroatoms. The summed E-state index contributed by atoms with van der Waals surface area (Å²) in [5.41, 5.74) is 3.33. The van der Waals surface area contributed by atoms with Crippen molar-refractivity contribution < 1.29 is 19.1 Å². The maximum atomic E-state index is 13.0. The van der Waals surface area contributed by atoms with Crippen molar-refractivity contribution in [3.05, 3.63) is 124 Å². The van der Waals surface area contributed by atoms with Crippen LogP contribution in [0.25, 0.3) is 0 Å². The molecule has 0 amide bonds. The van der Waals surface area contributed by atoms with Gasteiger partial charge in [0.15, 0.2) is 17.8 Å². The number of hydrogen-bond acceptors (Lipinski definition) is 7. The Bertz CT molecular complexity index is 1590. The fraction of sp³-hybridized carbons (Fsp3) is 0.156. The molecule has 4 aromatic carbocycles. The highest BCUT2D eigenvalue weighted by Crippen LogP contribution is 2.43. The van der Waals surface area contributed by atoms with Crippen molar-refractivity contribution >= 4 is 52.2 Å². The molecule has 1 heterocycles. The first-order chi connectivity index (χ1) is 19.9. The minimum atomic E-state index is -0.648. The van der Waals surface area contributed by atoms with Crippen molar-refractivity contribution in [2.75, 3.05) is 16.5 Å². The normalized spacial score (nSPS) is 14.5. The summed E-state index contributed by atoms with van der Waals surface area (Å²) in [6.07, 6.45) is -0.648. The van der Waals surface area contributed by atoms with Crippen molar-refractivity contribution in [2.24, 2.45) is 5.10 Å². The molecule has 1 atom stereocenters. The van der Waals surface area contributed by atoms with Crippen LogP contribution < -0.4 is 14.6 Å². The van der Waals surface area contributed by atoms with Crippen LogP contribution in [0.1, 0.15) is 41.5 Å². The average molecular weight is 588 g/mol. The molecule has 208 valence electrons. The third-order valence-electron chi connectivity index (χ3n) is 6.49. The summed E-state index contributed by atoms with van der Waals surface area (Å²) in [4.78, 5) is 27.1. The number of esters is 1. The first-order valence-electron chi connectivity index (χ1n) is 13.0. The van der Waals surface area contributed by atoms with E-state index in [1.807, 2.05) is 65.6 Å². The molecule has 0 saturated carbocycles. The Morgan fingerprint density at radius 3 is 2.27 bits per heavy atom. The van der Waals surface area contributed by atoms with Crippen LogP contribution in [0.15, 0.2) is 102 Å². The summed E-state index contributed by atoms with van der Waals surface area (Å²) in [7, 11) is 0. The van der Waals surface area contributed by atoms with Crippen LogP contribution in [0.4, 0.5) is 11.4 Å². The Balaban J connectivity index is 1.62. The second-order valence-corrected chi connectivity index (χ2v) is 10.1. The van der Waals surface area contributed by atoms with E-state index >= 15 is 0 Å². The Morgan fingerprint density at radius 1 is 0.878 bits per heavy atom. The second kappa shape index (κ2) is 12.5. The lowest BCUT2D eigenvalue weighted by atomic mass is 10.1. The zero-order valence-electron chi connectivity index (χ0n) is 22.5. The van der Waals surface area contributed by atoms with E-state index in [0.717, 1.165) is 11.3 Å². The Hall–Kier alpha value is -4.33. The average Bonchev–Trinajstić information content (AvgIpc) is 3.39. The number of carbonyl (C=O) groups is 2. The van der Waals surface area contributed by atoms with Gasteiger partial charge in [-0.1, -0.05) is 59.6 Å². The summed E-state index contributed by atoms with van der Waals surface area (Å²) in [6.45, 7) is 3.74. The van der Waals surface area contributed by atoms with E-state index < -0.39 is 12.1 Å². The molecule has 1 aliphatic heterocycles. The van der Waals surface area contributed by atoms with Crippen LogP contribution in [0, 0.1) is 0 Å². The van der Waals surface area contributed by atoms with Gasteiger partial charge in [0.25, 0.3) is 0 Å². The van der Waals surface area contributed by atoms with E-state index in [1.54, 1.807) is 48.3 Å². The monoisotopic (exact) mass is 587 g/mol. The molecule has 41 heavy (non-hydrogen) atoms. The molecular formula is C32H27Cl2N3O4. The van der Waals surface area contributed by atoms with Gasteiger partial charge in [-0.3, -0.25) is 9.69 Å². The van der Waals surface area contributed by atoms with Gasteiger partial charge < -0.3 is 9.47 Å². The van der Waals surface area contributed by atoms with E-state index in [1.165, 1.54) is 6.92 Å². The lowest BCUT2D eigenvalue weighted by Gasteiger charge is -2.33. The van der Waals surface area contributed by atoms with E-state index in [9.17, 15) is 9.59 Å². The molecule has 0 N–H and O–H groups in total. The van der Waals surface area contributed by atoms with Gasteiger partial charge in [-0.15, -0.1) is 5.10 Å². The third-order valence-corrected chi connectivity index (χ3v) is 7.09. The van der Waals surface area contributed by atoms with Crippen molar-refractivity contribution in [1.82, 2.24) is 0 Å². The molecule has 5 rings (SSSR count). The van der Waals surface area contributed by atoms with Gasteiger partial charge in [-0.25, -0.2) is 9.80 Å². The number of ether oxygens (including phenoxy) is 2. The van der Waals surface area contributed by atoms with Crippen LogP contribution in [-0.4, -0.2) is 24.2 Å². The first-order valence-corrected chi connectivity index (χ1v) is 13.8. The Morgan fingerprint density at radius 2 is 1.59 bits per heavy atom. The molecule has 0 aromatic heterocycles. The maximum Gasteiger partial charge on any atom is 0.338 e. The van der Waals surface area contributed by atoms with Gasteiger partial charge >= 0.3 is 5.97 Å². The molecule has 0 aliphatic carbocycles. The first kappa shape index (κ1) is 28.2. The minimum Gasteiger partial charge on any atom is -0.488 e. The zero-order valence-corrected chi connectivity index (χ0v) is 24.0. The van der Waals surface area contributed by atoms with E-state index in [2.05, 4.69) is 0 Å². The van der Waals surface area contributed by atoms with Gasteiger partial charge in [0.2, 0.25) is 0 Å². The second-order valence-electron chi connectivity index (χ2n) is 9.23. The highest BCUT2D eigenvalue weighted by Gasteiger charge is 2.41. The minimum absolute atomic E-state index is 0.218. The van der Waals surface area contributed by atoms with E-state index in [4.69, 9.17) is 37.8 Å². The topological polar surface area (TPSA) is 71.4 Å². The number of hydrogen-bond donors (Lipinski definition) is 0. The molecule has 0 saturated heterocycles. The molecule has 4 aromatic rings. The van der Waals surface area contributed by atoms with Gasteiger partial charge in [-0.05, 0) is 67.6 Å². The maximum absolute atomic E-state index is 13.0. The van der Waals surface area contributed by atoms with Crippen molar-refractivity contribution in [3.63, 3.8) is 0 Å². The number of para-hydroxylation sites is 1. The molecule has 7 nitrogen and oxygen atoms in total. The number of benzene rings is 4. The number of Topliss-reactive ketones (excluding diaryl/α,β-unsaturated/α-hetero) is 1. The summed E-state index contributed by atoms with van der Waals surface area (Å²) in [6, 6.07) is 29.2. The summed E-state index contributed by atoms with van der Waals surface area (Å²) < 4.78 is 11.5. The molecule has 0 unspecified atom stereocenters. The van der Waals surface area contributed by atoms with Gasteiger partial charge in [0.05, 0.1) is 17.9 Å². The fourth-order valence-corrected chi connectivity index (χ4v) is 4.95. The third kappa shape index (κ3) is 6.06. The summed E-state index contributed by atoms with van der Waals surface area (Å²) in [5, 5.41) is 7.60. The number of amidine groups is 1. The molecule has 0 fully saturated rings. The van der Waals surface area contributed by atoms with E-state index in [-0.39, 0.29) is 24.8 Å². The number of nitrogens with zero attached hydrogens (tertiary/aromatic N) is 3. The lowest BCUT2D eigenvalue weighted by Crippen LogP contribution is -2.38. The number of carbonyl (C=O) groups excluding carboxylic acids is 2. The molecular weight excluding hydrogens is 561 g/mol. The van der Waals surface area contributed by atoms with Crippen LogP contribution in [-0.2, 0) is 16.1 Å². The summed E-state index contributed by atoms with van der Waals surface area (Å²) in [5.74, 6) is 0.159. The predicted octanol–water partition coefficient (Wildman–Crippen LogP) is 7.68.